The average molecular weight is 358 g/mol. The van der Waals surface area contributed by atoms with Crippen molar-refractivity contribution in [2.75, 3.05) is 0 Å². The van der Waals surface area contributed by atoms with Crippen molar-refractivity contribution in [2.45, 2.75) is 29.8 Å². The van der Waals surface area contributed by atoms with Crippen molar-refractivity contribution >= 4 is 39.1 Å². The van der Waals surface area contributed by atoms with Gasteiger partial charge in [-0.15, -0.1) is 21.5 Å². The van der Waals surface area contributed by atoms with Gasteiger partial charge in [-0.3, -0.25) is 13.8 Å². The number of fused-ring (bicyclic) bond motifs is 3. The first-order valence-electron chi connectivity index (χ1n) is 7.70. The molecule has 0 unspecified atom stereocenters. The van der Waals surface area contributed by atoms with E-state index >= 15 is 0 Å². The molecule has 0 saturated heterocycles. The maximum absolute atomic E-state index is 12.4. The molecule has 0 spiro atoms. The Bertz CT molecular complexity index is 1120. The minimum absolute atomic E-state index is 0.0246. The van der Waals surface area contributed by atoms with Gasteiger partial charge in [0, 0.05) is 25.5 Å². The minimum Gasteiger partial charge on any atom is -0.323 e. The first-order valence-corrected chi connectivity index (χ1v) is 9.56. The van der Waals surface area contributed by atoms with Gasteiger partial charge in [0.15, 0.2) is 5.16 Å². The number of thiophene rings is 1. The quantitative estimate of drug-likeness (QED) is 0.524. The monoisotopic (exact) mass is 358 g/mol. The Labute approximate surface area is 145 Å². The van der Waals surface area contributed by atoms with Crippen LogP contribution in [0.1, 0.15) is 24.7 Å². The summed E-state index contributed by atoms with van der Waals surface area (Å²) in [6.45, 7) is 0. The van der Waals surface area contributed by atoms with Crippen molar-refractivity contribution in [1.29, 1.82) is 0 Å². The van der Waals surface area contributed by atoms with Crippen LogP contribution in [0, 0.1) is 0 Å². The van der Waals surface area contributed by atoms with Crippen molar-refractivity contribution in [2.24, 2.45) is 7.05 Å². The Morgan fingerprint density at radius 2 is 2.25 bits per heavy atom. The van der Waals surface area contributed by atoms with Crippen molar-refractivity contribution in [3.8, 4) is 0 Å². The fourth-order valence-corrected chi connectivity index (χ4v) is 4.71. The maximum atomic E-state index is 12.4. The van der Waals surface area contributed by atoms with Crippen molar-refractivity contribution < 1.29 is 0 Å². The summed E-state index contributed by atoms with van der Waals surface area (Å²) in [5, 5.41) is 11.5. The molecule has 1 saturated carbocycles. The number of hydrogen-bond donors (Lipinski definition) is 0. The van der Waals surface area contributed by atoms with E-state index in [-0.39, 0.29) is 5.56 Å². The lowest BCUT2D eigenvalue weighted by molar-refractivity contribution is 0.662. The lowest BCUT2D eigenvalue weighted by atomic mass is 10.4. The first-order chi connectivity index (χ1) is 11.7. The maximum Gasteiger partial charge on any atom is 0.272 e. The second-order valence-electron chi connectivity index (χ2n) is 5.89. The zero-order chi connectivity index (χ0) is 16.3. The minimum atomic E-state index is -0.0246. The summed E-state index contributed by atoms with van der Waals surface area (Å²) in [5.41, 5.74) is 0.854. The Morgan fingerprint density at radius 3 is 3.08 bits per heavy atom. The number of nitrogens with zero attached hydrogens (tertiary/aromatic N) is 6. The Kier molecular flexibility index (Phi) is 3.07. The van der Waals surface area contributed by atoms with Crippen LogP contribution in [0.15, 0.2) is 33.8 Å². The predicted molar refractivity (Wildman–Crippen MR) is 93.7 cm³/mol. The second-order valence-corrected chi connectivity index (χ2v) is 7.75. The Balaban J connectivity index is 1.57. The third-order valence-electron chi connectivity index (χ3n) is 4.30. The normalized spacial score (nSPS) is 14.9. The molecule has 0 atom stereocenters. The van der Waals surface area contributed by atoms with Gasteiger partial charge in [0.25, 0.3) is 5.56 Å². The molecule has 1 fully saturated rings. The molecule has 24 heavy (non-hydrogen) atoms. The Morgan fingerprint density at radius 1 is 1.38 bits per heavy atom. The van der Waals surface area contributed by atoms with Gasteiger partial charge in [-0.05, 0) is 24.3 Å². The molecule has 1 aliphatic carbocycles. The summed E-state index contributed by atoms with van der Waals surface area (Å²) >= 11 is 3.11. The van der Waals surface area contributed by atoms with Gasteiger partial charge in [0.1, 0.15) is 10.5 Å². The molecule has 1 aliphatic rings. The van der Waals surface area contributed by atoms with Crippen molar-refractivity contribution in [1.82, 2.24) is 28.7 Å². The number of aromatic nitrogens is 6. The summed E-state index contributed by atoms with van der Waals surface area (Å²) in [6, 6.07) is 2.56. The van der Waals surface area contributed by atoms with Gasteiger partial charge in [0.2, 0.25) is 5.78 Å². The van der Waals surface area contributed by atoms with E-state index in [1.807, 2.05) is 28.2 Å². The molecule has 0 bridgehead atoms. The molecule has 4 heterocycles. The molecule has 5 rings (SSSR count). The van der Waals surface area contributed by atoms with Crippen LogP contribution in [0.25, 0.3) is 16.0 Å². The fourth-order valence-electron chi connectivity index (χ4n) is 2.92. The van der Waals surface area contributed by atoms with E-state index in [4.69, 9.17) is 0 Å². The third-order valence-corrected chi connectivity index (χ3v) is 6.17. The molecular weight excluding hydrogens is 344 g/mol. The van der Waals surface area contributed by atoms with E-state index in [1.54, 1.807) is 23.4 Å². The fraction of sp³-hybridized carbons (Fsp3) is 0.333. The zero-order valence-electron chi connectivity index (χ0n) is 12.9. The van der Waals surface area contributed by atoms with Crippen LogP contribution < -0.4 is 5.56 Å². The van der Waals surface area contributed by atoms with E-state index in [2.05, 4.69) is 19.7 Å². The van der Waals surface area contributed by atoms with Gasteiger partial charge in [-0.1, -0.05) is 11.8 Å². The smallest absolute Gasteiger partial charge is 0.272 e. The van der Waals surface area contributed by atoms with E-state index in [1.165, 1.54) is 24.2 Å². The van der Waals surface area contributed by atoms with Gasteiger partial charge in [-0.2, -0.15) is 0 Å². The topological polar surface area (TPSA) is 70.0 Å². The summed E-state index contributed by atoms with van der Waals surface area (Å²) < 4.78 is 6.51. The van der Waals surface area contributed by atoms with Gasteiger partial charge in [0.05, 0.1) is 11.3 Å². The SMILES string of the molecule is Cn1c(=O)c2sccc2n2c(CSc3nccn3C3CC3)nnc12. The van der Waals surface area contributed by atoms with Crippen molar-refractivity contribution in [3.63, 3.8) is 0 Å². The molecule has 7 nitrogen and oxygen atoms in total. The van der Waals surface area contributed by atoms with Crippen LogP contribution in [0.4, 0.5) is 0 Å². The molecule has 0 aliphatic heterocycles. The summed E-state index contributed by atoms with van der Waals surface area (Å²) in [6.07, 6.45) is 6.36. The van der Waals surface area contributed by atoms with Crippen LogP contribution in [0.5, 0.6) is 0 Å². The molecule has 0 aromatic carbocycles. The molecule has 0 N–H and O–H groups in total. The van der Waals surface area contributed by atoms with E-state index in [9.17, 15) is 4.79 Å². The summed E-state index contributed by atoms with van der Waals surface area (Å²) in [4.78, 5) is 16.8. The Hall–Kier alpha value is -2.13. The highest BCUT2D eigenvalue weighted by molar-refractivity contribution is 7.98. The average Bonchev–Trinajstić information content (AvgIpc) is 3.02. The van der Waals surface area contributed by atoms with Gasteiger partial charge in [-0.25, -0.2) is 4.98 Å². The number of imidazole rings is 1. The lowest BCUT2D eigenvalue weighted by Gasteiger charge is -2.06. The molecule has 0 radical (unpaired) electrons. The number of thioether (sulfide) groups is 1. The number of aryl methyl sites for hydroxylation is 1. The molecule has 4 aromatic rings. The number of rotatable bonds is 4. The predicted octanol–water partition coefficient (Wildman–Crippen LogP) is 2.47. The van der Waals surface area contributed by atoms with Crippen LogP contribution in [0.3, 0.4) is 0 Å². The highest BCUT2D eigenvalue weighted by Crippen LogP contribution is 2.38. The zero-order valence-corrected chi connectivity index (χ0v) is 14.5. The molecule has 0 amide bonds. The molecular formula is C15H14N6OS2. The summed E-state index contributed by atoms with van der Waals surface area (Å²) in [7, 11) is 1.74. The summed E-state index contributed by atoms with van der Waals surface area (Å²) in [5.74, 6) is 2.07. The molecule has 9 heteroatoms. The lowest BCUT2D eigenvalue weighted by Crippen LogP contribution is -2.19. The van der Waals surface area contributed by atoms with E-state index in [0.29, 0.717) is 17.6 Å². The van der Waals surface area contributed by atoms with Crippen molar-refractivity contribution in [3.05, 3.63) is 40.0 Å². The van der Waals surface area contributed by atoms with Crippen LogP contribution in [-0.4, -0.2) is 28.7 Å². The van der Waals surface area contributed by atoms with E-state index < -0.39 is 0 Å². The van der Waals surface area contributed by atoms with E-state index in [0.717, 1.165) is 21.2 Å². The second kappa shape index (κ2) is 5.18. The first kappa shape index (κ1) is 14.2. The van der Waals surface area contributed by atoms with Crippen LogP contribution in [0.2, 0.25) is 0 Å². The van der Waals surface area contributed by atoms with Crippen LogP contribution in [-0.2, 0) is 12.8 Å². The highest BCUT2D eigenvalue weighted by atomic mass is 32.2. The highest BCUT2D eigenvalue weighted by Gasteiger charge is 2.26. The van der Waals surface area contributed by atoms with Gasteiger partial charge >= 0.3 is 0 Å². The standard InChI is InChI=1S/C15H14N6OS2/c1-19-13(22)12-10(4-7-23-12)21-11(17-18-14(19)21)8-24-15-16-5-6-20(15)9-2-3-9/h4-7,9H,2-3,8H2,1H3. The largest absolute Gasteiger partial charge is 0.323 e. The third kappa shape index (κ3) is 2.04. The van der Waals surface area contributed by atoms with Crippen LogP contribution >= 0.6 is 23.1 Å². The van der Waals surface area contributed by atoms with Gasteiger partial charge < -0.3 is 4.57 Å². The number of hydrogen-bond acceptors (Lipinski definition) is 6. The molecule has 122 valence electrons. The molecule has 4 aromatic heterocycles.